The van der Waals surface area contributed by atoms with E-state index >= 15 is 8.78 Å². The van der Waals surface area contributed by atoms with E-state index in [-0.39, 0.29) is 50.2 Å². The fourth-order valence-corrected chi connectivity index (χ4v) is 9.92. The number of aromatic nitrogens is 2. The van der Waals surface area contributed by atoms with E-state index in [1.54, 1.807) is 12.1 Å². The topological polar surface area (TPSA) is 155 Å². The van der Waals surface area contributed by atoms with Gasteiger partial charge in [-0.2, -0.15) is 0 Å². The van der Waals surface area contributed by atoms with Crippen LogP contribution in [0.25, 0.3) is 44.3 Å². The van der Waals surface area contributed by atoms with Gasteiger partial charge in [0.1, 0.15) is 24.8 Å². The molecule has 2 saturated heterocycles. The van der Waals surface area contributed by atoms with Crippen molar-refractivity contribution in [2.75, 3.05) is 26.3 Å². The van der Waals surface area contributed by atoms with E-state index in [1.807, 2.05) is 84.7 Å². The average molecular weight is 909 g/mol. The zero-order valence-corrected chi connectivity index (χ0v) is 39.7. The number of nitrogens with two attached hydrogens (primary N) is 2. The highest BCUT2D eigenvalue weighted by atomic mass is 19.1. The van der Waals surface area contributed by atoms with Crippen molar-refractivity contribution in [3.63, 3.8) is 0 Å². The maximum atomic E-state index is 15.2. The fourth-order valence-electron chi connectivity index (χ4n) is 9.92. The maximum Gasteiger partial charge on any atom is 0.302 e. The van der Waals surface area contributed by atoms with Crippen LogP contribution in [0.3, 0.4) is 0 Å². The number of fused-ring (bicyclic) bond motifs is 2. The summed E-state index contributed by atoms with van der Waals surface area (Å²) in [5.41, 5.74) is 18.6. The Bertz CT molecular complexity index is 2440. The lowest BCUT2D eigenvalue weighted by molar-refractivity contribution is -0.142. The number of halogens is 2. The number of carbonyl (C=O) groups excluding carboxylic acids is 4. The normalized spacial score (nSPS) is 17.8. The van der Waals surface area contributed by atoms with Gasteiger partial charge in [-0.25, -0.2) is 8.78 Å². The van der Waals surface area contributed by atoms with Crippen LogP contribution in [0, 0.1) is 22.5 Å². The molecule has 2 aliphatic rings. The van der Waals surface area contributed by atoms with Gasteiger partial charge in [0.2, 0.25) is 11.8 Å². The van der Waals surface area contributed by atoms with Crippen LogP contribution in [0.1, 0.15) is 92.2 Å². The first-order valence-electron chi connectivity index (χ1n) is 23.3. The summed E-state index contributed by atoms with van der Waals surface area (Å²) < 4.78 is 45.3. The summed E-state index contributed by atoms with van der Waals surface area (Å²) in [6.45, 7) is 16.2. The Morgan fingerprint density at radius 2 is 0.985 bits per heavy atom. The molecule has 4 heterocycles. The van der Waals surface area contributed by atoms with Gasteiger partial charge in [-0.1, -0.05) is 65.8 Å². The molecule has 2 fully saturated rings. The van der Waals surface area contributed by atoms with E-state index in [0.717, 1.165) is 70.1 Å². The number of carbonyl (C=O) groups is 4. The van der Waals surface area contributed by atoms with Crippen LogP contribution in [0.5, 0.6) is 0 Å². The second-order valence-electron chi connectivity index (χ2n) is 20.3. The van der Waals surface area contributed by atoms with Gasteiger partial charge in [-0.05, 0) is 108 Å². The molecule has 0 bridgehead atoms. The van der Waals surface area contributed by atoms with Gasteiger partial charge in [0.25, 0.3) is 0 Å². The second-order valence-corrected chi connectivity index (χ2v) is 20.3. The van der Waals surface area contributed by atoms with Crippen LogP contribution in [-0.2, 0) is 54.6 Å². The third-order valence-corrected chi connectivity index (χ3v) is 13.5. The molecule has 3 aromatic carbocycles. The summed E-state index contributed by atoms with van der Waals surface area (Å²) in [6.07, 6.45) is 4.16. The van der Waals surface area contributed by atoms with E-state index in [2.05, 4.69) is 0 Å². The smallest absolute Gasteiger partial charge is 0.302 e. The summed E-state index contributed by atoms with van der Waals surface area (Å²) >= 11 is 0. The van der Waals surface area contributed by atoms with Gasteiger partial charge in [0.05, 0.1) is 47.6 Å². The van der Waals surface area contributed by atoms with Crippen LogP contribution >= 0.6 is 0 Å². The van der Waals surface area contributed by atoms with E-state index in [1.165, 1.54) is 38.1 Å². The molecule has 2 aliphatic heterocycles. The largest absolute Gasteiger partial charge is 0.464 e. The molecule has 0 radical (unpaired) electrons. The Morgan fingerprint density at radius 3 is 1.32 bits per heavy atom. The molecule has 14 heteroatoms. The lowest BCUT2D eigenvalue weighted by Crippen LogP contribution is -2.52. The average Bonchev–Trinajstić information content (AvgIpc) is 4.04. The van der Waals surface area contributed by atoms with Crippen LogP contribution in [0.4, 0.5) is 8.78 Å². The van der Waals surface area contributed by atoms with Crippen LogP contribution in [0.2, 0.25) is 0 Å². The van der Waals surface area contributed by atoms with Crippen molar-refractivity contribution in [2.45, 2.75) is 131 Å². The Kier molecular flexibility index (Phi) is 14.1. The third-order valence-electron chi connectivity index (χ3n) is 13.5. The highest BCUT2D eigenvalue weighted by Crippen LogP contribution is 2.41. The molecule has 2 amide bonds. The van der Waals surface area contributed by atoms with Crippen molar-refractivity contribution in [3.8, 4) is 22.5 Å². The van der Waals surface area contributed by atoms with Crippen LogP contribution in [0.15, 0.2) is 60.7 Å². The molecule has 2 aromatic heterocycles. The quantitative estimate of drug-likeness (QED) is 0.106. The van der Waals surface area contributed by atoms with Crippen LogP contribution < -0.4 is 11.5 Å². The van der Waals surface area contributed by atoms with Crippen molar-refractivity contribution >= 4 is 45.6 Å². The van der Waals surface area contributed by atoms with Gasteiger partial charge in [-0.15, -0.1) is 0 Å². The van der Waals surface area contributed by atoms with Crippen molar-refractivity contribution in [1.82, 2.24) is 18.9 Å². The van der Waals surface area contributed by atoms with Gasteiger partial charge in [0, 0.05) is 49.8 Å². The van der Waals surface area contributed by atoms with E-state index in [4.69, 9.17) is 20.9 Å². The molecule has 12 nitrogen and oxygen atoms in total. The number of amides is 2. The Labute approximate surface area is 386 Å². The summed E-state index contributed by atoms with van der Waals surface area (Å²) in [5.74, 6) is -1.87. The number of esters is 2. The van der Waals surface area contributed by atoms with Gasteiger partial charge < -0.3 is 39.9 Å². The fraction of sp³-hybridized carbons (Fsp3) is 0.500. The number of hydrogen-bond acceptors (Lipinski definition) is 8. The number of rotatable bonds is 14. The molecular formula is C52H66F2N6O6. The number of ether oxygens (including phenoxy) is 2. The van der Waals surface area contributed by atoms with E-state index < -0.39 is 46.5 Å². The zero-order valence-electron chi connectivity index (χ0n) is 39.7. The predicted octanol–water partition coefficient (Wildman–Crippen LogP) is 8.15. The summed E-state index contributed by atoms with van der Waals surface area (Å²) in [5, 5.41) is 1.66. The number of hydrogen-bond donors (Lipinski definition) is 2. The van der Waals surface area contributed by atoms with Crippen molar-refractivity contribution < 1.29 is 37.4 Å². The first kappa shape index (κ1) is 48.3. The monoisotopic (exact) mass is 909 g/mol. The van der Waals surface area contributed by atoms with Gasteiger partial charge in [-0.3, -0.25) is 19.2 Å². The number of nitrogens with zero attached hydrogens (tertiary/aromatic N) is 4. The highest BCUT2D eigenvalue weighted by Gasteiger charge is 2.39. The standard InChI is InChI=1S/C52H66F2N6O6/c1-31(61)65-25-23-59-43-27-35(53)17-19-39(43)41(29-37-11-9-21-57(37)49(63)47(55)51(3,4)5)45(59)33-13-15-34(16-14-33)46-42(30-38-12-10-22-58(38)50(64)48(56)52(6,7)8)40-20-18-36(54)28-44(40)60(46)24-26-66-32(2)62/h13-20,27-28,37-38,47-48H,9-12,21-26,29-30,55-56H2,1-8H3/t37-,38-,47+,48+/m0/s1. The van der Waals surface area contributed by atoms with Gasteiger partial charge in [0.15, 0.2) is 0 Å². The maximum absolute atomic E-state index is 15.2. The minimum atomic E-state index is -0.686. The molecule has 4 atom stereocenters. The first-order valence-corrected chi connectivity index (χ1v) is 23.3. The third kappa shape index (κ3) is 10.0. The lowest BCUT2D eigenvalue weighted by atomic mass is 9.86. The van der Waals surface area contributed by atoms with Crippen molar-refractivity contribution in [3.05, 3.63) is 83.4 Å². The van der Waals surface area contributed by atoms with Crippen molar-refractivity contribution in [2.24, 2.45) is 22.3 Å². The molecule has 0 unspecified atom stereocenters. The molecular weight excluding hydrogens is 843 g/mol. The Balaban J connectivity index is 1.37. The summed E-state index contributed by atoms with van der Waals surface area (Å²) in [6, 6.07) is 15.8. The summed E-state index contributed by atoms with van der Waals surface area (Å²) in [7, 11) is 0. The molecule has 0 saturated carbocycles. The van der Waals surface area contributed by atoms with Crippen molar-refractivity contribution in [1.29, 1.82) is 0 Å². The molecule has 0 spiro atoms. The minimum absolute atomic E-state index is 0.0539. The molecule has 66 heavy (non-hydrogen) atoms. The highest BCUT2D eigenvalue weighted by molar-refractivity contribution is 5.95. The number of benzene rings is 3. The zero-order chi connectivity index (χ0) is 47.8. The summed E-state index contributed by atoms with van der Waals surface area (Å²) in [4.78, 5) is 55.7. The second kappa shape index (κ2) is 19.3. The van der Waals surface area contributed by atoms with Gasteiger partial charge >= 0.3 is 11.9 Å². The molecule has 5 aromatic rings. The molecule has 7 rings (SSSR count). The number of likely N-dealkylation sites (tertiary alicyclic amines) is 2. The molecule has 354 valence electrons. The molecule has 0 aliphatic carbocycles. The Hall–Kier alpha value is -5.60. The minimum Gasteiger partial charge on any atom is -0.464 e. The van der Waals surface area contributed by atoms with E-state index in [0.29, 0.717) is 37.0 Å². The Morgan fingerprint density at radius 1 is 0.621 bits per heavy atom. The molecule has 4 N–H and O–H groups in total. The lowest BCUT2D eigenvalue weighted by Gasteiger charge is -2.33. The van der Waals surface area contributed by atoms with E-state index in [9.17, 15) is 19.2 Å². The SMILES string of the molecule is CC(=O)OCCn1c(-c2ccc(-c3c(C[C@@H]4CCCN4C(=O)[C@@H](N)C(C)(C)C)c4ccc(F)cc4n3CCOC(C)=O)cc2)c(C[C@@H]2CCCN2C(=O)[C@@H](N)C(C)(C)C)c2ccc(F)cc21. The first-order chi connectivity index (χ1) is 31.1. The predicted molar refractivity (Wildman–Crippen MR) is 253 cm³/mol. The van der Waals surface area contributed by atoms with Crippen LogP contribution in [-0.4, -0.2) is 93.2 Å².